The van der Waals surface area contributed by atoms with Crippen LogP contribution in [0, 0.1) is 17.2 Å². The largest absolute Gasteiger partial charge is 0.497 e. The maximum atomic E-state index is 12.9. The van der Waals surface area contributed by atoms with Gasteiger partial charge in [-0.3, -0.25) is 9.78 Å². The number of rotatable bonds is 4. The molecule has 1 amide bonds. The number of benzene rings is 2. The SMILES string of the molecule is COc1ccc2c(N3CCC(C(=O)Nc4ccc5c(c4)CCC5)CC3)c(C#N)cnc2c1. The van der Waals surface area contributed by atoms with Gasteiger partial charge in [0.25, 0.3) is 0 Å². The van der Waals surface area contributed by atoms with Crippen molar-refractivity contribution in [2.75, 3.05) is 30.4 Å². The molecule has 5 rings (SSSR count). The predicted octanol–water partition coefficient (Wildman–Crippen LogP) is 4.46. The molecule has 1 aliphatic carbocycles. The first-order valence-electron chi connectivity index (χ1n) is 11.2. The average molecular weight is 427 g/mol. The first-order valence-corrected chi connectivity index (χ1v) is 11.2. The van der Waals surface area contributed by atoms with Crippen LogP contribution in [-0.2, 0) is 17.6 Å². The van der Waals surface area contributed by atoms with Gasteiger partial charge >= 0.3 is 0 Å². The van der Waals surface area contributed by atoms with Gasteiger partial charge in [0.05, 0.1) is 23.9 Å². The Morgan fingerprint density at radius 3 is 2.75 bits per heavy atom. The van der Waals surface area contributed by atoms with Gasteiger partial charge in [-0.15, -0.1) is 0 Å². The van der Waals surface area contributed by atoms with Crippen LogP contribution >= 0.6 is 0 Å². The Balaban J connectivity index is 1.31. The van der Waals surface area contributed by atoms with Crippen LogP contribution in [0.2, 0.25) is 0 Å². The summed E-state index contributed by atoms with van der Waals surface area (Å²) in [5, 5.41) is 13.7. The second-order valence-corrected chi connectivity index (χ2v) is 8.60. The van der Waals surface area contributed by atoms with Gasteiger partial charge in [0.1, 0.15) is 11.8 Å². The van der Waals surface area contributed by atoms with Crippen molar-refractivity contribution in [3.63, 3.8) is 0 Å². The summed E-state index contributed by atoms with van der Waals surface area (Å²) in [6.07, 6.45) is 6.58. The van der Waals surface area contributed by atoms with E-state index in [1.54, 1.807) is 13.3 Å². The number of piperidine rings is 1. The first-order chi connectivity index (χ1) is 15.7. The van der Waals surface area contributed by atoms with Crippen molar-refractivity contribution in [3.8, 4) is 11.8 Å². The van der Waals surface area contributed by atoms with Crippen molar-refractivity contribution in [2.45, 2.75) is 32.1 Å². The van der Waals surface area contributed by atoms with Crippen molar-refractivity contribution >= 4 is 28.2 Å². The predicted molar refractivity (Wildman–Crippen MR) is 125 cm³/mol. The van der Waals surface area contributed by atoms with E-state index in [1.807, 2.05) is 24.3 Å². The van der Waals surface area contributed by atoms with Gasteiger partial charge in [-0.1, -0.05) is 6.07 Å². The number of methoxy groups -OCH3 is 1. The number of nitriles is 1. The van der Waals surface area contributed by atoms with Gasteiger partial charge < -0.3 is 15.0 Å². The van der Waals surface area contributed by atoms with Crippen LogP contribution in [0.15, 0.2) is 42.6 Å². The molecule has 1 fully saturated rings. The zero-order valence-electron chi connectivity index (χ0n) is 18.2. The highest BCUT2D eigenvalue weighted by molar-refractivity contribution is 5.96. The van der Waals surface area contributed by atoms with Crippen LogP contribution in [0.25, 0.3) is 10.9 Å². The molecule has 162 valence electrons. The highest BCUT2D eigenvalue weighted by atomic mass is 16.5. The fourth-order valence-electron chi connectivity index (χ4n) is 4.97. The molecule has 0 saturated carbocycles. The zero-order valence-corrected chi connectivity index (χ0v) is 18.2. The third-order valence-electron chi connectivity index (χ3n) is 6.72. The average Bonchev–Trinajstić information content (AvgIpc) is 3.31. The standard InChI is InChI=1S/C26H26N4O2/c1-32-22-7-8-23-24(14-22)28-16-20(15-27)25(23)30-11-9-18(10-12-30)26(31)29-21-6-5-17-3-2-4-19(17)13-21/h5-8,13-14,16,18H,2-4,9-12H2,1H3,(H,29,31). The van der Waals surface area contributed by atoms with Gasteiger partial charge in [0, 0.05) is 42.3 Å². The summed E-state index contributed by atoms with van der Waals surface area (Å²) < 4.78 is 5.31. The monoisotopic (exact) mass is 426 g/mol. The third kappa shape index (κ3) is 3.75. The van der Waals surface area contributed by atoms with Crippen molar-refractivity contribution in [3.05, 3.63) is 59.3 Å². The number of ether oxygens (including phenoxy) is 1. The van der Waals surface area contributed by atoms with E-state index < -0.39 is 0 Å². The smallest absolute Gasteiger partial charge is 0.227 e. The topological polar surface area (TPSA) is 78.2 Å². The molecule has 0 spiro atoms. The second kappa shape index (κ2) is 8.51. The summed E-state index contributed by atoms with van der Waals surface area (Å²) in [6.45, 7) is 1.45. The highest BCUT2D eigenvalue weighted by Gasteiger charge is 2.27. The molecule has 1 N–H and O–H groups in total. The molecule has 2 aromatic carbocycles. The van der Waals surface area contributed by atoms with Crippen LogP contribution in [0.4, 0.5) is 11.4 Å². The van der Waals surface area contributed by atoms with Crippen LogP contribution < -0.4 is 15.0 Å². The number of nitrogens with one attached hydrogen (secondary N) is 1. The number of aromatic nitrogens is 1. The molecule has 0 bridgehead atoms. The number of hydrogen-bond donors (Lipinski definition) is 1. The first kappa shape index (κ1) is 20.3. The fourth-order valence-corrected chi connectivity index (χ4v) is 4.97. The molecule has 6 nitrogen and oxygen atoms in total. The lowest BCUT2D eigenvalue weighted by molar-refractivity contribution is -0.120. The van der Waals surface area contributed by atoms with E-state index in [0.717, 1.165) is 66.8 Å². The number of fused-ring (bicyclic) bond motifs is 2. The lowest BCUT2D eigenvalue weighted by Gasteiger charge is -2.34. The van der Waals surface area contributed by atoms with E-state index in [1.165, 1.54) is 17.5 Å². The van der Waals surface area contributed by atoms with Crippen molar-refractivity contribution in [1.29, 1.82) is 5.26 Å². The van der Waals surface area contributed by atoms with Gasteiger partial charge in [0.2, 0.25) is 5.91 Å². The molecular formula is C26H26N4O2. The third-order valence-corrected chi connectivity index (χ3v) is 6.72. The van der Waals surface area contributed by atoms with E-state index in [-0.39, 0.29) is 11.8 Å². The molecule has 2 heterocycles. The van der Waals surface area contributed by atoms with Crippen LogP contribution in [-0.4, -0.2) is 31.1 Å². The summed E-state index contributed by atoms with van der Waals surface area (Å²) in [5.41, 5.74) is 5.93. The van der Waals surface area contributed by atoms with Gasteiger partial charge in [-0.25, -0.2) is 0 Å². The lowest BCUT2D eigenvalue weighted by Crippen LogP contribution is -2.38. The molecule has 6 heteroatoms. The molecule has 0 atom stereocenters. The summed E-state index contributed by atoms with van der Waals surface area (Å²) in [5.74, 6) is 0.799. The minimum Gasteiger partial charge on any atom is -0.497 e. The van der Waals surface area contributed by atoms with E-state index in [0.29, 0.717) is 5.56 Å². The minimum atomic E-state index is -0.0294. The summed E-state index contributed by atoms with van der Waals surface area (Å²) in [7, 11) is 1.63. The Labute approximate surface area is 187 Å². The number of pyridine rings is 1. The fraction of sp³-hybridized carbons (Fsp3) is 0.346. The zero-order chi connectivity index (χ0) is 22.1. The Hall–Kier alpha value is -3.59. The molecular weight excluding hydrogens is 400 g/mol. The Bertz CT molecular complexity index is 1220. The molecule has 2 aliphatic rings. The maximum absolute atomic E-state index is 12.9. The molecule has 32 heavy (non-hydrogen) atoms. The highest BCUT2D eigenvalue weighted by Crippen LogP contribution is 2.34. The van der Waals surface area contributed by atoms with Gasteiger partial charge in [-0.2, -0.15) is 5.26 Å². The summed E-state index contributed by atoms with van der Waals surface area (Å²) in [6, 6.07) is 14.3. The van der Waals surface area contributed by atoms with E-state index in [4.69, 9.17) is 4.74 Å². The number of aryl methyl sites for hydroxylation is 2. The van der Waals surface area contributed by atoms with E-state index >= 15 is 0 Å². The maximum Gasteiger partial charge on any atom is 0.227 e. The van der Waals surface area contributed by atoms with Crippen molar-refractivity contribution in [1.82, 2.24) is 4.98 Å². The molecule has 0 radical (unpaired) electrons. The molecule has 0 unspecified atom stereocenters. The van der Waals surface area contributed by atoms with Gasteiger partial charge in [0.15, 0.2) is 0 Å². The number of nitrogens with zero attached hydrogens (tertiary/aromatic N) is 3. The normalized spacial score (nSPS) is 15.9. The Kier molecular flexibility index (Phi) is 5.40. The van der Waals surface area contributed by atoms with E-state index in [9.17, 15) is 10.1 Å². The van der Waals surface area contributed by atoms with Crippen molar-refractivity contribution in [2.24, 2.45) is 5.92 Å². The Morgan fingerprint density at radius 1 is 1.16 bits per heavy atom. The lowest BCUT2D eigenvalue weighted by atomic mass is 9.94. The second-order valence-electron chi connectivity index (χ2n) is 8.60. The molecule has 3 aromatic rings. The number of carbonyl (C=O) groups excluding carboxylic acids is 1. The number of amides is 1. The minimum absolute atomic E-state index is 0.0294. The molecule has 1 aromatic heterocycles. The molecule has 1 saturated heterocycles. The quantitative estimate of drug-likeness (QED) is 0.666. The Morgan fingerprint density at radius 2 is 1.97 bits per heavy atom. The van der Waals surface area contributed by atoms with Crippen LogP contribution in [0.3, 0.4) is 0 Å². The van der Waals surface area contributed by atoms with Crippen molar-refractivity contribution < 1.29 is 9.53 Å². The summed E-state index contributed by atoms with van der Waals surface area (Å²) >= 11 is 0. The van der Waals surface area contributed by atoms with Crippen LogP contribution in [0.5, 0.6) is 5.75 Å². The number of carbonyl (C=O) groups is 1. The molecule has 1 aliphatic heterocycles. The number of anilines is 2. The number of hydrogen-bond acceptors (Lipinski definition) is 5. The van der Waals surface area contributed by atoms with Gasteiger partial charge in [-0.05, 0) is 67.5 Å². The van der Waals surface area contributed by atoms with Crippen LogP contribution in [0.1, 0.15) is 36.0 Å². The summed E-state index contributed by atoms with van der Waals surface area (Å²) in [4.78, 5) is 19.6. The van der Waals surface area contributed by atoms with E-state index in [2.05, 4.69) is 33.4 Å².